The summed E-state index contributed by atoms with van der Waals surface area (Å²) in [5, 5.41) is 0. The Hall–Kier alpha value is -0.0800. The quantitative estimate of drug-likeness (QED) is 0.675. The Balaban J connectivity index is 2.66. The van der Waals surface area contributed by atoms with Crippen molar-refractivity contribution in [3.8, 4) is 0 Å². The second-order valence-electron chi connectivity index (χ2n) is 2.43. The molecule has 0 spiro atoms. The Kier molecular flexibility index (Phi) is 4.62. The molecule has 0 heterocycles. The van der Waals surface area contributed by atoms with Crippen molar-refractivity contribution in [3.63, 3.8) is 0 Å². The van der Waals surface area contributed by atoms with Crippen LogP contribution in [0.3, 0.4) is 0 Å². The van der Waals surface area contributed by atoms with Gasteiger partial charge in [0.1, 0.15) is 0 Å². The summed E-state index contributed by atoms with van der Waals surface area (Å²) in [7, 11) is 0. The van der Waals surface area contributed by atoms with Crippen LogP contribution >= 0.6 is 23.5 Å². The van der Waals surface area contributed by atoms with E-state index in [0.29, 0.717) is 4.58 Å². The molecule has 0 bridgehead atoms. The number of hydrogen-bond donors (Lipinski definition) is 0. The van der Waals surface area contributed by atoms with Crippen molar-refractivity contribution < 1.29 is 0 Å². The molecule has 0 amide bonds. The minimum Gasteiger partial charge on any atom is -0.146 e. The Labute approximate surface area is 83.1 Å². The van der Waals surface area contributed by atoms with Crippen LogP contribution in [-0.4, -0.2) is 12.0 Å². The van der Waals surface area contributed by atoms with Crippen LogP contribution in [-0.2, 0) is 0 Å². The van der Waals surface area contributed by atoms with Crippen LogP contribution in [0.15, 0.2) is 30.3 Å². The van der Waals surface area contributed by atoms with Crippen molar-refractivity contribution in [2.75, 3.05) is 12.0 Å². The molecule has 1 unspecified atom stereocenters. The van der Waals surface area contributed by atoms with E-state index < -0.39 is 0 Å². The van der Waals surface area contributed by atoms with Crippen LogP contribution < -0.4 is 0 Å². The lowest BCUT2D eigenvalue weighted by molar-refractivity contribution is 1.36. The van der Waals surface area contributed by atoms with Crippen LogP contribution in [0.2, 0.25) is 0 Å². The molecule has 0 aliphatic rings. The number of rotatable bonds is 4. The van der Waals surface area contributed by atoms with E-state index in [1.807, 2.05) is 23.5 Å². The standard InChI is InChI=1S/C10H14S2/c1-3-12-10(11-2)9-7-5-4-6-8-9/h4-8,10H,3H2,1-2H3. The smallest absolute Gasteiger partial charge is 0.0748 e. The molecular weight excluding hydrogens is 184 g/mol. The van der Waals surface area contributed by atoms with E-state index in [0.717, 1.165) is 0 Å². The van der Waals surface area contributed by atoms with E-state index in [-0.39, 0.29) is 0 Å². The molecular formula is C10H14S2. The molecule has 66 valence electrons. The van der Waals surface area contributed by atoms with E-state index in [9.17, 15) is 0 Å². The summed E-state index contributed by atoms with van der Waals surface area (Å²) in [5.41, 5.74) is 1.43. The van der Waals surface area contributed by atoms with Gasteiger partial charge in [-0.2, -0.15) is 0 Å². The molecule has 0 nitrogen and oxygen atoms in total. The average molecular weight is 198 g/mol. The summed E-state index contributed by atoms with van der Waals surface area (Å²) in [4.78, 5) is 0. The van der Waals surface area contributed by atoms with Gasteiger partial charge in [0.05, 0.1) is 4.58 Å². The van der Waals surface area contributed by atoms with E-state index in [2.05, 4.69) is 43.5 Å². The van der Waals surface area contributed by atoms with Crippen LogP contribution in [0, 0.1) is 0 Å². The first-order valence-electron chi connectivity index (χ1n) is 4.07. The van der Waals surface area contributed by atoms with Crippen molar-refractivity contribution >= 4 is 23.5 Å². The van der Waals surface area contributed by atoms with E-state index in [1.54, 1.807) is 0 Å². The number of hydrogen-bond acceptors (Lipinski definition) is 2. The Bertz CT molecular complexity index is 208. The third-order valence-corrected chi connectivity index (χ3v) is 4.20. The summed E-state index contributed by atoms with van der Waals surface area (Å²) >= 11 is 3.90. The normalized spacial score (nSPS) is 12.8. The highest BCUT2D eigenvalue weighted by molar-refractivity contribution is 8.16. The lowest BCUT2D eigenvalue weighted by Gasteiger charge is -2.12. The molecule has 1 atom stereocenters. The van der Waals surface area contributed by atoms with Gasteiger partial charge in [0.2, 0.25) is 0 Å². The summed E-state index contributed by atoms with van der Waals surface area (Å²) < 4.78 is 0.608. The average Bonchev–Trinajstić information content (AvgIpc) is 2.15. The van der Waals surface area contributed by atoms with Gasteiger partial charge in [-0.3, -0.25) is 0 Å². The Morgan fingerprint density at radius 3 is 2.42 bits per heavy atom. The molecule has 0 fully saturated rings. The minimum absolute atomic E-state index is 0.608. The monoisotopic (exact) mass is 198 g/mol. The van der Waals surface area contributed by atoms with Gasteiger partial charge >= 0.3 is 0 Å². The summed E-state index contributed by atoms with van der Waals surface area (Å²) in [6.07, 6.45) is 2.17. The molecule has 0 radical (unpaired) electrons. The second kappa shape index (κ2) is 5.55. The van der Waals surface area contributed by atoms with Crippen LogP contribution in [0.1, 0.15) is 17.1 Å². The lowest BCUT2D eigenvalue weighted by Crippen LogP contribution is -1.87. The number of benzene rings is 1. The minimum atomic E-state index is 0.608. The first kappa shape index (κ1) is 10.0. The van der Waals surface area contributed by atoms with Gasteiger partial charge in [-0.05, 0) is 17.6 Å². The van der Waals surface area contributed by atoms with Crippen molar-refractivity contribution in [1.82, 2.24) is 0 Å². The van der Waals surface area contributed by atoms with Gasteiger partial charge in [0.25, 0.3) is 0 Å². The maximum atomic E-state index is 2.21. The van der Waals surface area contributed by atoms with Crippen molar-refractivity contribution in [3.05, 3.63) is 35.9 Å². The van der Waals surface area contributed by atoms with Crippen LogP contribution in [0.25, 0.3) is 0 Å². The van der Waals surface area contributed by atoms with Crippen LogP contribution in [0.4, 0.5) is 0 Å². The third-order valence-electron chi connectivity index (χ3n) is 1.60. The molecule has 12 heavy (non-hydrogen) atoms. The Morgan fingerprint density at radius 1 is 1.25 bits per heavy atom. The van der Waals surface area contributed by atoms with Gasteiger partial charge in [-0.25, -0.2) is 0 Å². The largest absolute Gasteiger partial charge is 0.146 e. The molecule has 0 saturated carbocycles. The fraction of sp³-hybridized carbons (Fsp3) is 0.400. The van der Waals surface area contributed by atoms with Crippen molar-refractivity contribution in [1.29, 1.82) is 0 Å². The third kappa shape index (κ3) is 2.76. The van der Waals surface area contributed by atoms with E-state index in [1.165, 1.54) is 11.3 Å². The molecule has 0 saturated heterocycles. The van der Waals surface area contributed by atoms with Crippen LogP contribution in [0.5, 0.6) is 0 Å². The maximum Gasteiger partial charge on any atom is 0.0748 e. The predicted octanol–water partition coefficient (Wildman–Crippen LogP) is 3.80. The zero-order chi connectivity index (χ0) is 8.81. The van der Waals surface area contributed by atoms with E-state index in [4.69, 9.17) is 0 Å². The van der Waals surface area contributed by atoms with Gasteiger partial charge in [0, 0.05) is 0 Å². The maximum absolute atomic E-state index is 2.21. The molecule has 1 aromatic rings. The fourth-order valence-electron chi connectivity index (χ4n) is 1.06. The molecule has 2 heteroatoms. The van der Waals surface area contributed by atoms with Gasteiger partial charge < -0.3 is 0 Å². The Morgan fingerprint density at radius 2 is 1.92 bits per heavy atom. The predicted molar refractivity (Wildman–Crippen MR) is 60.8 cm³/mol. The highest BCUT2D eigenvalue weighted by Crippen LogP contribution is 2.37. The molecule has 0 N–H and O–H groups in total. The fourth-order valence-corrected chi connectivity index (χ4v) is 3.10. The molecule has 0 aromatic heterocycles. The summed E-state index contributed by atoms with van der Waals surface area (Å²) in [6.45, 7) is 2.21. The highest BCUT2D eigenvalue weighted by atomic mass is 32.2. The molecule has 1 rings (SSSR count). The number of thioether (sulfide) groups is 2. The van der Waals surface area contributed by atoms with Crippen molar-refractivity contribution in [2.24, 2.45) is 0 Å². The van der Waals surface area contributed by atoms with Gasteiger partial charge in [-0.15, -0.1) is 23.5 Å². The molecule has 1 aromatic carbocycles. The highest BCUT2D eigenvalue weighted by Gasteiger charge is 2.07. The second-order valence-corrected chi connectivity index (χ2v) is 5.06. The van der Waals surface area contributed by atoms with E-state index >= 15 is 0 Å². The zero-order valence-electron chi connectivity index (χ0n) is 7.49. The molecule has 0 aliphatic carbocycles. The molecule has 0 aliphatic heterocycles. The summed E-state index contributed by atoms with van der Waals surface area (Å²) in [6, 6.07) is 10.7. The van der Waals surface area contributed by atoms with Gasteiger partial charge in [0.15, 0.2) is 0 Å². The zero-order valence-corrected chi connectivity index (χ0v) is 9.12. The van der Waals surface area contributed by atoms with Gasteiger partial charge in [-0.1, -0.05) is 37.3 Å². The first-order chi connectivity index (χ1) is 5.88. The SMILES string of the molecule is CCSC(SC)c1ccccc1. The summed E-state index contributed by atoms with van der Waals surface area (Å²) in [5.74, 6) is 1.18. The topological polar surface area (TPSA) is 0 Å². The van der Waals surface area contributed by atoms with Crippen molar-refractivity contribution in [2.45, 2.75) is 11.5 Å². The lowest BCUT2D eigenvalue weighted by atomic mass is 10.2. The first-order valence-corrected chi connectivity index (χ1v) is 6.41.